The van der Waals surface area contributed by atoms with Gasteiger partial charge in [-0.1, -0.05) is 6.42 Å². The van der Waals surface area contributed by atoms with Crippen LogP contribution in [-0.4, -0.2) is 37.1 Å². The van der Waals surface area contributed by atoms with Crippen LogP contribution in [0.3, 0.4) is 0 Å². The first-order valence-electron chi connectivity index (χ1n) is 6.37. The summed E-state index contributed by atoms with van der Waals surface area (Å²) in [5.41, 5.74) is 0.699. The molecule has 1 aliphatic carbocycles. The predicted molar refractivity (Wildman–Crippen MR) is 67.2 cm³/mol. The molecule has 0 amide bonds. The number of benzene rings is 1. The largest absolute Gasteiger partial charge is 0.454 e. The van der Waals surface area contributed by atoms with Gasteiger partial charge in [-0.15, -0.1) is 0 Å². The van der Waals surface area contributed by atoms with Gasteiger partial charge in [0.05, 0.1) is 6.54 Å². The first-order valence-corrected chi connectivity index (χ1v) is 6.37. The predicted octanol–water partition coefficient (Wildman–Crippen LogP) is 2.08. The SMILES string of the molecule is CN(CC(=O)c1ccc2c(c1)OCO2)C1CCC1. The van der Waals surface area contributed by atoms with E-state index in [-0.39, 0.29) is 12.6 Å². The van der Waals surface area contributed by atoms with Crippen molar-refractivity contribution >= 4 is 5.78 Å². The Hall–Kier alpha value is -1.55. The number of ketones is 1. The Kier molecular flexibility index (Phi) is 2.96. The van der Waals surface area contributed by atoms with Gasteiger partial charge in [0.2, 0.25) is 6.79 Å². The molecular formula is C14H17NO3. The molecule has 1 saturated carbocycles. The Bertz CT molecular complexity index is 468. The monoisotopic (exact) mass is 247 g/mol. The molecule has 1 aromatic carbocycles. The van der Waals surface area contributed by atoms with Crippen molar-refractivity contribution in [3.05, 3.63) is 23.8 Å². The molecule has 1 aliphatic heterocycles. The van der Waals surface area contributed by atoms with Crippen LogP contribution >= 0.6 is 0 Å². The van der Waals surface area contributed by atoms with Gasteiger partial charge in [0.15, 0.2) is 17.3 Å². The normalized spacial score (nSPS) is 17.9. The summed E-state index contributed by atoms with van der Waals surface area (Å²) >= 11 is 0. The molecule has 0 unspecified atom stereocenters. The number of likely N-dealkylation sites (N-methyl/N-ethyl adjacent to an activating group) is 1. The van der Waals surface area contributed by atoms with E-state index in [1.807, 2.05) is 13.1 Å². The summed E-state index contributed by atoms with van der Waals surface area (Å²) < 4.78 is 10.5. The highest BCUT2D eigenvalue weighted by atomic mass is 16.7. The minimum atomic E-state index is 0.141. The number of rotatable bonds is 4. The van der Waals surface area contributed by atoms with Crippen LogP contribution in [0.15, 0.2) is 18.2 Å². The van der Waals surface area contributed by atoms with Crippen LogP contribution in [0, 0.1) is 0 Å². The van der Waals surface area contributed by atoms with Crippen LogP contribution in [0.4, 0.5) is 0 Å². The zero-order valence-electron chi connectivity index (χ0n) is 10.5. The van der Waals surface area contributed by atoms with Crippen LogP contribution in [0.5, 0.6) is 11.5 Å². The van der Waals surface area contributed by atoms with Crippen molar-refractivity contribution < 1.29 is 14.3 Å². The fourth-order valence-electron chi connectivity index (χ4n) is 2.34. The summed E-state index contributed by atoms with van der Waals surface area (Å²) in [5, 5.41) is 0. The summed E-state index contributed by atoms with van der Waals surface area (Å²) in [6, 6.07) is 5.98. The maximum absolute atomic E-state index is 12.2. The molecule has 1 heterocycles. The summed E-state index contributed by atoms with van der Waals surface area (Å²) in [7, 11) is 2.02. The lowest BCUT2D eigenvalue weighted by Crippen LogP contribution is -2.40. The van der Waals surface area contributed by atoms with Crippen LogP contribution in [0.1, 0.15) is 29.6 Å². The molecule has 0 saturated heterocycles. The van der Waals surface area contributed by atoms with Gasteiger partial charge in [-0.2, -0.15) is 0 Å². The standard InChI is InChI=1S/C14H17NO3/c1-15(11-3-2-4-11)8-12(16)10-5-6-13-14(7-10)18-9-17-13/h5-7,11H,2-4,8-9H2,1H3. The van der Waals surface area contributed by atoms with Crippen LogP contribution in [-0.2, 0) is 0 Å². The van der Waals surface area contributed by atoms with Crippen molar-refractivity contribution in [2.75, 3.05) is 20.4 Å². The molecule has 0 atom stereocenters. The molecule has 0 spiro atoms. The number of carbonyl (C=O) groups is 1. The molecule has 0 radical (unpaired) electrons. The molecule has 96 valence electrons. The highest BCUT2D eigenvalue weighted by Gasteiger charge is 2.24. The fraction of sp³-hybridized carbons (Fsp3) is 0.500. The number of hydrogen-bond acceptors (Lipinski definition) is 4. The van der Waals surface area contributed by atoms with E-state index in [2.05, 4.69) is 4.90 Å². The molecule has 4 nitrogen and oxygen atoms in total. The van der Waals surface area contributed by atoms with E-state index < -0.39 is 0 Å². The molecule has 1 fully saturated rings. The van der Waals surface area contributed by atoms with E-state index in [1.54, 1.807) is 12.1 Å². The van der Waals surface area contributed by atoms with Crippen LogP contribution in [0.2, 0.25) is 0 Å². The van der Waals surface area contributed by atoms with E-state index >= 15 is 0 Å². The smallest absolute Gasteiger partial charge is 0.231 e. The zero-order valence-corrected chi connectivity index (χ0v) is 10.5. The maximum Gasteiger partial charge on any atom is 0.231 e. The average Bonchev–Trinajstić information content (AvgIpc) is 2.72. The lowest BCUT2D eigenvalue weighted by atomic mass is 9.91. The third-order valence-corrected chi connectivity index (χ3v) is 3.79. The molecule has 4 heteroatoms. The van der Waals surface area contributed by atoms with E-state index in [1.165, 1.54) is 19.3 Å². The maximum atomic E-state index is 12.2. The highest BCUT2D eigenvalue weighted by molar-refractivity contribution is 5.98. The van der Waals surface area contributed by atoms with Crippen molar-refractivity contribution in [1.29, 1.82) is 0 Å². The minimum Gasteiger partial charge on any atom is -0.454 e. The van der Waals surface area contributed by atoms with Gasteiger partial charge in [0, 0.05) is 11.6 Å². The van der Waals surface area contributed by atoms with Crippen LogP contribution in [0.25, 0.3) is 0 Å². The molecule has 18 heavy (non-hydrogen) atoms. The minimum absolute atomic E-state index is 0.141. The van der Waals surface area contributed by atoms with Gasteiger partial charge in [-0.25, -0.2) is 0 Å². The topological polar surface area (TPSA) is 38.8 Å². The zero-order chi connectivity index (χ0) is 12.5. The first-order chi connectivity index (χ1) is 8.74. The lowest BCUT2D eigenvalue weighted by Gasteiger charge is -2.34. The molecule has 0 N–H and O–H groups in total. The number of nitrogens with zero attached hydrogens (tertiary/aromatic N) is 1. The van der Waals surface area contributed by atoms with E-state index in [9.17, 15) is 4.79 Å². The van der Waals surface area contributed by atoms with Gasteiger partial charge in [0.1, 0.15) is 0 Å². The summed E-state index contributed by atoms with van der Waals surface area (Å²) in [4.78, 5) is 14.3. The Morgan fingerprint density at radius 3 is 2.83 bits per heavy atom. The first kappa shape index (κ1) is 11.5. The third kappa shape index (κ3) is 2.08. The number of carbonyl (C=O) groups excluding carboxylic acids is 1. The highest BCUT2D eigenvalue weighted by Crippen LogP contribution is 2.32. The molecule has 0 bridgehead atoms. The molecular weight excluding hydrogens is 230 g/mol. The van der Waals surface area contributed by atoms with Crippen molar-refractivity contribution in [2.24, 2.45) is 0 Å². The molecule has 0 aromatic heterocycles. The second kappa shape index (κ2) is 4.61. The second-order valence-corrected chi connectivity index (χ2v) is 4.99. The van der Waals surface area contributed by atoms with Crippen LogP contribution < -0.4 is 9.47 Å². The van der Waals surface area contributed by atoms with E-state index in [0.29, 0.717) is 23.9 Å². The number of fused-ring (bicyclic) bond motifs is 1. The van der Waals surface area contributed by atoms with Gasteiger partial charge >= 0.3 is 0 Å². The van der Waals surface area contributed by atoms with Crippen molar-refractivity contribution in [1.82, 2.24) is 4.90 Å². The van der Waals surface area contributed by atoms with E-state index in [4.69, 9.17) is 9.47 Å². The summed E-state index contributed by atoms with van der Waals surface area (Å²) in [5.74, 6) is 1.54. The van der Waals surface area contributed by atoms with Crippen molar-refractivity contribution in [3.63, 3.8) is 0 Å². The average molecular weight is 247 g/mol. The summed E-state index contributed by atoms with van der Waals surface area (Å²) in [6.07, 6.45) is 3.71. The number of Topliss-reactive ketones (excluding diaryl/α,β-unsaturated/α-hetero) is 1. The Balaban J connectivity index is 1.68. The quantitative estimate of drug-likeness (QED) is 0.764. The number of hydrogen-bond donors (Lipinski definition) is 0. The number of ether oxygens (including phenoxy) is 2. The molecule has 2 aliphatic rings. The Morgan fingerprint density at radius 1 is 1.33 bits per heavy atom. The van der Waals surface area contributed by atoms with E-state index in [0.717, 1.165) is 5.75 Å². The molecule has 1 aromatic rings. The van der Waals surface area contributed by atoms with Gasteiger partial charge < -0.3 is 9.47 Å². The Morgan fingerprint density at radius 2 is 2.11 bits per heavy atom. The second-order valence-electron chi connectivity index (χ2n) is 4.99. The fourth-order valence-corrected chi connectivity index (χ4v) is 2.34. The summed E-state index contributed by atoms with van der Waals surface area (Å²) in [6.45, 7) is 0.721. The van der Waals surface area contributed by atoms with Gasteiger partial charge in [-0.3, -0.25) is 9.69 Å². The van der Waals surface area contributed by atoms with Crippen molar-refractivity contribution in [2.45, 2.75) is 25.3 Å². The Labute approximate surface area is 106 Å². The van der Waals surface area contributed by atoms with Gasteiger partial charge in [-0.05, 0) is 38.1 Å². The lowest BCUT2D eigenvalue weighted by molar-refractivity contribution is 0.0870. The van der Waals surface area contributed by atoms with Crippen molar-refractivity contribution in [3.8, 4) is 11.5 Å². The third-order valence-electron chi connectivity index (χ3n) is 3.79. The molecule has 3 rings (SSSR count). The van der Waals surface area contributed by atoms with Gasteiger partial charge in [0.25, 0.3) is 0 Å².